The largest absolute Gasteiger partial charge is 0.385 e. The number of carbonyl (C=O) groups is 1. The first-order valence-electron chi connectivity index (χ1n) is 13.8. The third-order valence-electron chi connectivity index (χ3n) is 8.13. The van der Waals surface area contributed by atoms with Gasteiger partial charge in [-0.15, -0.1) is 0 Å². The Hall–Kier alpha value is -1.48. The van der Waals surface area contributed by atoms with Crippen molar-refractivity contribution < 1.29 is 23.4 Å². The number of alkyl halides is 1. The Labute approximate surface area is 225 Å². The SMILES string of the molecule is CNCC(CC1CCC(F)CC1)NC(=O)N1CCCC([C@@](O)(CCCCOC)c2cccc(Cl)c2F)C1. The molecule has 3 N–H and O–H groups in total. The second kappa shape index (κ2) is 14.6. The summed E-state index contributed by atoms with van der Waals surface area (Å²) >= 11 is 6.09. The molecule has 3 rings (SSSR count). The highest BCUT2D eigenvalue weighted by Crippen LogP contribution is 2.42. The van der Waals surface area contributed by atoms with Gasteiger partial charge in [0.2, 0.25) is 0 Å². The minimum absolute atomic E-state index is 0.0186. The Morgan fingerprint density at radius 2 is 2.03 bits per heavy atom. The molecule has 2 aliphatic rings. The van der Waals surface area contributed by atoms with E-state index in [0.717, 1.165) is 32.1 Å². The van der Waals surface area contributed by atoms with Crippen LogP contribution in [-0.2, 0) is 10.3 Å². The number of methoxy groups -OCH3 is 1. The molecule has 1 aromatic rings. The zero-order valence-corrected chi connectivity index (χ0v) is 23.0. The van der Waals surface area contributed by atoms with Gasteiger partial charge in [-0.05, 0) is 83.2 Å². The zero-order valence-electron chi connectivity index (χ0n) is 22.3. The van der Waals surface area contributed by atoms with E-state index < -0.39 is 17.6 Å². The van der Waals surface area contributed by atoms with Crippen LogP contribution < -0.4 is 10.6 Å². The Morgan fingerprint density at radius 1 is 1.27 bits per heavy atom. The number of aliphatic hydroxyl groups is 1. The molecule has 1 saturated carbocycles. The van der Waals surface area contributed by atoms with Gasteiger partial charge in [-0.1, -0.05) is 23.7 Å². The fourth-order valence-electron chi connectivity index (χ4n) is 6.05. The summed E-state index contributed by atoms with van der Waals surface area (Å²) in [6.45, 7) is 2.11. The smallest absolute Gasteiger partial charge is 0.317 e. The Morgan fingerprint density at radius 3 is 2.73 bits per heavy atom. The number of carbonyl (C=O) groups excluding carboxylic acids is 1. The van der Waals surface area contributed by atoms with Gasteiger partial charge in [0, 0.05) is 50.9 Å². The molecular formula is C28H44ClF2N3O3. The highest BCUT2D eigenvalue weighted by molar-refractivity contribution is 6.30. The van der Waals surface area contributed by atoms with Crippen LogP contribution in [0.3, 0.4) is 0 Å². The summed E-state index contributed by atoms with van der Waals surface area (Å²) < 4.78 is 33.9. The average molecular weight is 544 g/mol. The molecule has 37 heavy (non-hydrogen) atoms. The number of likely N-dealkylation sites (N-methyl/N-ethyl adjacent to an activating group) is 1. The standard InChI is InChI=1S/C28H44ClF2N3O3/c1-32-18-23(17-20-10-12-22(30)13-11-20)33-27(35)34-15-6-7-21(19-34)28(36,14-3-4-16-37-2)24-8-5-9-25(29)26(24)31/h5,8-9,20-23,32,36H,3-4,6-7,10-19H2,1-2H3,(H,33,35)/t20?,21?,22?,23?,28-/m0/s1. The second-order valence-electron chi connectivity index (χ2n) is 10.8. The number of nitrogens with one attached hydrogen (secondary N) is 2. The molecule has 0 bridgehead atoms. The van der Waals surface area contributed by atoms with Crippen molar-refractivity contribution >= 4 is 17.6 Å². The maximum absolute atomic E-state index is 15.1. The van der Waals surface area contributed by atoms with Crippen LogP contribution >= 0.6 is 11.6 Å². The van der Waals surface area contributed by atoms with E-state index in [-0.39, 0.29) is 28.6 Å². The van der Waals surface area contributed by atoms with Gasteiger partial charge in [0.15, 0.2) is 0 Å². The van der Waals surface area contributed by atoms with Gasteiger partial charge >= 0.3 is 6.03 Å². The van der Waals surface area contributed by atoms with Crippen molar-refractivity contribution in [1.29, 1.82) is 0 Å². The number of likely N-dealkylation sites (tertiary alicyclic amines) is 1. The Bertz CT molecular complexity index is 856. The number of amides is 2. The van der Waals surface area contributed by atoms with Crippen molar-refractivity contribution in [2.24, 2.45) is 11.8 Å². The number of unbranched alkanes of at least 4 members (excludes halogenated alkanes) is 1. The maximum atomic E-state index is 15.1. The second-order valence-corrected chi connectivity index (χ2v) is 11.2. The molecule has 3 atom stereocenters. The van der Waals surface area contributed by atoms with E-state index in [1.807, 2.05) is 7.05 Å². The fourth-order valence-corrected chi connectivity index (χ4v) is 6.23. The highest BCUT2D eigenvalue weighted by atomic mass is 35.5. The normalized spacial score (nSPS) is 24.9. The van der Waals surface area contributed by atoms with Crippen molar-refractivity contribution in [2.45, 2.75) is 82.0 Å². The number of hydrogen-bond acceptors (Lipinski definition) is 4. The lowest BCUT2D eigenvalue weighted by Gasteiger charge is -2.43. The summed E-state index contributed by atoms with van der Waals surface area (Å²) in [7, 11) is 3.49. The first-order valence-corrected chi connectivity index (χ1v) is 14.2. The Balaban J connectivity index is 1.70. The van der Waals surface area contributed by atoms with Crippen molar-refractivity contribution in [1.82, 2.24) is 15.5 Å². The first kappa shape index (κ1) is 30.1. The molecule has 0 radical (unpaired) electrons. The molecule has 0 aromatic heterocycles. The lowest BCUT2D eigenvalue weighted by atomic mass is 9.74. The molecule has 2 fully saturated rings. The van der Waals surface area contributed by atoms with Crippen molar-refractivity contribution in [3.8, 4) is 0 Å². The topological polar surface area (TPSA) is 73.8 Å². The molecule has 210 valence electrons. The van der Waals surface area contributed by atoms with E-state index in [1.54, 1.807) is 24.1 Å². The molecule has 6 nitrogen and oxygen atoms in total. The average Bonchev–Trinajstić information content (AvgIpc) is 2.89. The third kappa shape index (κ3) is 8.25. The highest BCUT2D eigenvalue weighted by Gasteiger charge is 2.43. The van der Waals surface area contributed by atoms with Crippen LogP contribution in [-0.4, -0.2) is 68.6 Å². The quantitative estimate of drug-likeness (QED) is 0.308. The van der Waals surface area contributed by atoms with Gasteiger partial charge < -0.3 is 25.4 Å². The molecule has 2 amide bonds. The lowest BCUT2D eigenvalue weighted by molar-refractivity contribution is -0.0587. The number of piperidine rings is 1. The molecule has 0 spiro atoms. The van der Waals surface area contributed by atoms with E-state index >= 15 is 4.39 Å². The van der Waals surface area contributed by atoms with Gasteiger partial charge in [-0.2, -0.15) is 0 Å². The van der Waals surface area contributed by atoms with Crippen LogP contribution in [0.5, 0.6) is 0 Å². The van der Waals surface area contributed by atoms with E-state index in [9.17, 15) is 14.3 Å². The van der Waals surface area contributed by atoms with E-state index in [0.29, 0.717) is 64.3 Å². The van der Waals surface area contributed by atoms with Gasteiger partial charge in [-0.25, -0.2) is 13.6 Å². The van der Waals surface area contributed by atoms with Crippen LogP contribution in [0.25, 0.3) is 0 Å². The Kier molecular flexibility index (Phi) is 11.9. The first-order chi connectivity index (χ1) is 17.8. The predicted octanol–water partition coefficient (Wildman–Crippen LogP) is 5.41. The zero-order chi connectivity index (χ0) is 26.8. The summed E-state index contributed by atoms with van der Waals surface area (Å²) in [6, 6.07) is 4.52. The fraction of sp³-hybridized carbons (Fsp3) is 0.750. The number of hydrogen-bond donors (Lipinski definition) is 3. The van der Waals surface area contributed by atoms with Gasteiger partial charge in [0.25, 0.3) is 0 Å². The third-order valence-corrected chi connectivity index (χ3v) is 8.42. The number of ether oxygens (including phenoxy) is 1. The van der Waals surface area contributed by atoms with Crippen molar-refractivity contribution in [2.75, 3.05) is 40.4 Å². The van der Waals surface area contributed by atoms with Crippen molar-refractivity contribution in [3.05, 3.63) is 34.6 Å². The summed E-state index contributed by atoms with van der Waals surface area (Å²) in [5.74, 6) is -0.523. The molecule has 9 heteroatoms. The van der Waals surface area contributed by atoms with E-state index in [4.69, 9.17) is 16.3 Å². The van der Waals surface area contributed by atoms with Gasteiger partial charge in [0.05, 0.1) is 10.6 Å². The molecular weight excluding hydrogens is 500 g/mol. The van der Waals surface area contributed by atoms with Crippen LogP contribution in [0.1, 0.15) is 69.8 Å². The number of benzene rings is 1. The van der Waals surface area contributed by atoms with E-state index in [1.165, 1.54) is 6.07 Å². The van der Waals surface area contributed by atoms with Crippen LogP contribution in [0.15, 0.2) is 18.2 Å². The number of rotatable bonds is 12. The molecule has 1 aliphatic heterocycles. The van der Waals surface area contributed by atoms with Gasteiger partial charge in [0.1, 0.15) is 12.0 Å². The lowest BCUT2D eigenvalue weighted by Crippen LogP contribution is -2.54. The van der Waals surface area contributed by atoms with Crippen LogP contribution in [0.2, 0.25) is 5.02 Å². The summed E-state index contributed by atoms with van der Waals surface area (Å²) in [5, 5.41) is 18.3. The number of halogens is 3. The van der Waals surface area contributed by atoms with Crippen LogP contribution in [0.4, 0.5) is 13.6 Å². The molecule has 1 aromatic carbocycles. The van der Waals surface area contributed by atoms with Crippen LogP contribution in [0, 0.1) is 17.7 Å². The summed E-state index contributed by atoms with van der Waals surface area (Å²) in [4.78, 5) is 15.1. The molecule has 1 heterocycles. The molecule has 2 unspecified atom stereocenters. The summed E-state index contributed by atoms with van der Waals surface area (Å²) in [5.41, 5.74) is -1.25. The minimum Gasteiger partial charge on any atom is -0.385 e. The number of nitrogens with zero attached hydrogens (tertiary/aromatic N) is 1. The van der Waals surface area contributed by atoms with E-state index in [2.05, 4.69) is 10.6 Å². The predicted molar refractivity (Wildman–Crippen MR) is 143 cm³/mol. The van der Waals surface area contributed by atoms with Crippen molar-refractivity contribution in [3.63, 3.8) is 0 Å². The monoisotopic (exact) mass is 543 g/mol. The molecule has 1 saturated heterocycles. The maximum Gasteiger partial charge on any atom is 0.317 e. The summed E-state index contributed by atoms with van der Waals surface area (Å²) in [6.07, 6.45) is 6.18. The molecule has 1 aliphatic carbocycles. The minimum atomic E-state index is -1.45. The van der Waals surface area contributed by atoms with Gasteiger partial charge in [-0.3, -0.25) is 0 Å². The number of urea groups is 1.